The summed E-state index contributed by atoms with van der Waals surface area (Å²) in [6, 6.07) is 20.6. The molecule has 8 heteroatoms. The molecule has 1 N–H and O–H groups in total. The standard InChI is InChI=1S/C26H23N5O3/c1-16-13-17(2)28-26(27-16)31-23(14-18(3)30-31)29-25(32)24-21(15-33-19-9-5-4-6-10-19)20-11-7-8-12-22(20)34-24/h4-14H,15H2,1-3H3,(H,29,32). The highest BCUT2D eigenvalue weighted by Gasteiger charge is 2.23. The third-order valence-electron chi connectivity index (χ3n) is 5.26. The van der Waals surface area contributed by atoms with Crippen LogP contribution in [-0.2, 0) is 6.61 Å². The lowest BCUT2D eigenvalue weighted by Crippen LogP contribution is -2.17. The summed E-state index contributed by atoms with van der Waals surface area (Å²) in [5.41, 5.74) is 3.62. The first-order chi connectivity index (χ1) is 16.5. The minimum Gasteiger partial charge on any atom is -0.489 e. The molecule has 0 bridgehead atoms. The maximum Gasteiger partial charge on any atom is 0.292 e. The molecule has 0 aliphatic carbocycles. The van der Waals surface area contributed by atoms with Crippen molar-refractivity contribution < 1.29 is 13.9 Å². The zero-order chi connectivity index (χ0) is 23.7. The maximum atomic E-state index is 13.4. The summed E-state index contributed by atoms with van der Waals surface area (Å²) in [6.07, 6.45) is 0. The molecule has 34 heavy (non-hydrogen) atoms. The number of rotatable bonds is 6. The Morgan fingerprint density at radius 3 is 2.41 bits per heavy atom. The largest absolute Gasteiger partial charge is 0.489 e. The van der Waals surface area contributed by atoms with Gasteiger partial charge in [0.15, 0.2) is 5.76 Å². The maximum absolute atomic E-state index is 13.4. The van der Waals surface area contributed by atoms with E-state index in [1.54, 1.807) is 6.07 Å². The molecule has 0 aliphatic rings. The molecule has 5 rings (SSSR count). The summed E-state index contributed by atoms with van der Waals surface area (Å²) < 4.78 is 13.4. The van der Waals surface area contributed by atoms with Crippen LogP contribution in [0.5, 0.6) is 5.75 Å². The zero-order valence-corrected chi connectivity index (χ0v) is 19.1. The first-order valence-electron chi connectivity index (χ1n) is 10.9. The minimum absolute atomic E-state index is 0.183. The van der Waals surface area contributed by atoms with Gasteiger partial charge in [-0.3, -0.25) is 4.79 Å². The number of carbonyl (C=O) groups is 1. The SMILES string of the molecule is Cc1cc(C)nc(-n2nc(C)cc2NC(=O)c2oc3ccccc3c2COc2ccccc2)n1. The Labute approximate surface area is 196 Å². The number of para-hydroxylation sites is 2. The van der Waals surface area contributed by atoms with Crippen LogP contribution in [0.3, 0.4) is 0 Å². The zero-order valence-electron chi connectivity index (χ0n) is 19.1. The molecule has 3 heterocycles. The summed E-state index contributed by atoms with van der Waals surface area (Å²) >= 11 is 0. The van der Waals surface area contributed by atoms with Gasteiger partial charge in [0, 0.05) is 28.4 Å². The van der Waals surface area contributed by atoms with E-state index in [-0.39, 0.29) is 12.4 Å². The fraction of sp³-hybridized carbons (Fsp3) is 0.154. The summed E-state index contributed by atoms with van der Waals surface area (Å²) in [7, 11) is 0. The number of aromatic nitrogens is 4. The Hall–Kier alpha value is -4.46. The average Bonchev–Trinajstić information content (AvgIpc) is 3.38. The molecule has 0 unspecified atom stereocenters. The number of carbonyl (C=O) groups excluding carboxylic acids is 1. The number of ether oxygens (including phenoxy) is 1. The highest BCUT2D eigenvalue weighted by Crippen LogP contribution is 2.28. The predicted octanol–water partition coefficient (Wildman–Crippen LogP) is 5.17. The third-order valence-corrected chi connectivity index (χ3v) is 5.26. The molecule has 5 aromatic rings. The number of anilines is 1. The molecule has 1 amide bonds. The van der Waals surface area contributed by atoms with Gasteiger partial charge in [0.25, 0.3) is 11.9 Å². The van der Waals surface area contributed by atoms with Crippen LogP contribution in [0.2, 0.25) is 0 Å². The molecule has 0 saturated heterocycles. The van der Waals surface area contributed by atoms with Crippen molar-refractivity contribution in [3.63, 3.8) is 0 Å². The second-order valence-electron chi connectivity index (χ2n) is 8.00. The van der Waals surface area contributed by atoms with E-state index in [1.807, 2.05) is 81.4 Å². The van der Waals surface area contributed by atoms with Crippen LogP contribution in [0.25, 0.3) is 16.9 Å². The first-order valence-corrected chi connectivity index (χ1v) is 10.9. The Morgan fingerprint density at radius 2 is 1.65 bits per heavy atom. The fourth-order valence-electron chi connectivity index (χ4n) is 3.81. The van der Waals surface area contributed by atoms with Crippen LogP contribution in [-0.4, -0.2) is 25.7 Å². The number of aryl methyl sites for hydroxylation is 3. The lowest BCUT2D eigenvalue weighted by molar-refractivity contribution is 0.0994. The van der Waals surface area contributed by atoms with Crippen molar-refractivity contribution >= 4 is 22.7 Å². The van der Waals surface area contributed by atoms with Crippen molar-refractivity contribution in [3.05, 3.63) is 95.1 Å². The lowest BCUT2D eigenvalue weighted by Gasteiger charge is -2.09. The number of fused-ring (bicyclic) bond motifs is 1. The van der Waals surface area contributed by atoms with Crippen LogP contribution >= 0.6 is 0 Å². The molecular formula is C26H23N5O3. The molecule has 0 spiro atoms. The van der Waals surface area contributed by atoms with Crippen molar-refractivity contribution in [1.29, 1.82) is 0 Å². The monoisotopic (exact) mass is 453 g/mol. The van der Waals surface area contributed by atoms with Gasteiger partial charge in [-0.2, -0.15) is 9.78 Å². The highest BCUT2D eigenvalue weighted by atomic mass is 16.5. The van der Waals surface area contributed by atoms with Gasteiger partial charge in [-0.05, 0) is 45.0 Å². The lowest BCUT2D eigenvalue weighted by atomic mass is 10.1. The molecule has 2 aromatic carbocycles. The second-order valence-corrected chi connectivity index (χ2v) is 8.00. The van der Waals surface area contributed by atoms with Gasteiger partial charge in [-0.1, -0.05) is 36.4 Å². The van der Waals surface area contributed by atoms with Crippen LogP contribution in [0, 0.1) is 20.8 Å². The summed E-state index contributed by atoms with van der Waals surface area (Å²) in [4.78, 5) is 22.3. The van der Waals surface area contributed by atoms with Gasteiger partial charge in [-0.15, -0.1) is 0 Å². The van der Waals surface area contributed by atoms with E-state index < -0.39 is 5.91 Å². The number of furan rings is 1. The smallest absolute Gasteiger partial charge is 0.292 e. The van der Waals surface area contributed by atoms with Crippen LogP contribution in [0.15, 0.2) is 71.1 Å². The van der Waals surface area contributed by atoms with Crippen LogP contribution < -0.4 is 10.1 Å². The van der Waals surface area contributed by atoms with Gasteiger partial charge in [0.05, 0.1) is 5.69 Å². The van der Waals surface area contributed by atoms with Gasteiger partial charge in [-0.25, -0.2) is 9.97 Å². The van der Waals surface area contributed by atoms with Crippen molar-refractivity contribution in [2.24, 2.45) is 0 Å². The molecule has 170 valence electrons. The summed E-state index contributed by atoms with van der Waals surface area (Å²) in [5, 5.41) is 8.21. The number of nitrogens with one attached hydrogen (secondary N) is 1. The van der Waals surface area contributed by atoms with Gasteiger partial charge in [0.1, 0.15) is 23.8 Å². The molecule has 0 aliphatic heterocycles. The van der Waals surface area contributed by atoms with E-state index in [4.69, 9.17) is 9.15 Å². The molecule has 0 atom stereocenters. The Bertz CT molecular complexity index is 1470. The van der Waals surface area contributed by atoms with Crippen molar-refractivity contribution in [2.75, 3.05) is 5.32 Å². The van der Waals surface area contributed by atoms with Crippen LogP contribution in [0.4, 0.5) is 5.82 Å². The molecule has 0 fully saturated rings. The molecule has 0 saturated carbocycles. The number of hydrogen-bond donors (Lipinski definition) is 1. The van der Waals surface area contributed by atoms with Gasteiger partial charge in [0.2, 0.25) is 0 Å². The molecular weight excluding hydrogens is 430 g/mol. The number of hydrogen-bond acceptors (Lipinski definition) is 6. The van der Waals surface area contributed by atoms with E-state index >= 15 is 0 Å². The summed E-state index contributed by atoms with van der Waals surface area (Å²) in [6.45, 7) is 5.80. The van der Waals surface area contributed by atoms with Gasteiger partial charge < -0.3 is 14.5 Å². The second kappa shape index (κ2) is 8.82. The first kappa shape index (κ1) is 21.4. The van der Waals surface area contributed by atoms with Crippen molar-refractivity contribution in [1.82, 2.24) is 19.7 Å². The third kappa shape index (κ3) is 4.25. The van der Waals surface area contributed by atoms with Gasteiger partial charge >= 0.3 is 0 Å². The minimum atomic E-state index is -0.409. The van der Waals surface area contributed by atoms with E-state index in [0.717, 1.165) is 22.5 Å². The van der Waals surface area contributed by atoms with Crippen molar-refractivity contribution in [2.45, 2.75) is 27.4 Å². The normalized spacial score (nSPS) is 11.0. The highest BCUT2D eigenvalue weighted by molar-refractivity contribution is 6.06. The molecule has 0 radical (unpaired) electrons. The van der Waals surface area contributed by atoms with Crippen molar-refractivity contribution in [3.8, 4) is 11.7 Å². The van der Waals surface area contributed by atoms with E-state index in [1.165, 1.54) is 4.68 Å². The number of benzene rings is 2. The Kier molecular flexibility index (Phi) is 5.55. The number of amides is 1. The van der Waals surface area contributed by atoms with E-state index in [9.17, 15) is 4.79 Å². The molecule has 3 aromatic heterocycles. The topological polar surface area (TPSA) is 95.1 Å². The Morgan fingerprint density at radius 1 is 0.941 bits per heavy atom. The Balaban J connectivity index is 1.49. The predicted molar refractivity (Wildman–Crippen MR) is 128 cm³/mol. The molecule has 8 nitrogen and oxygen atoms in total. The summed E-state index contributed by atoms with van der Waals surface area (Å²) in [5.74, 6) is 1.32. The quantitative estimate of drug-likeness (QED) is 0.381. The average molecular weight is 454 g/mol. The van der Waals surface area contributed by atoms with E-state index in [2.05, 4.69) is 20.4 Å². The fourth-order valence-corrected chi connectivity index (χ4v) is 3.81. The van der Waals surface area contributed by atoms with E-state index in [0.29, 0.717) is 28.7 Å². The van der Waals surface area contributed by atoms with Crippen LogP contribution in [0.1, 0.15) is 33.2 Å². The number of nitrogens with zero attached hydrogens (tertiary/aromatic N) is 4.